The lowest BCUT2D eigenvalue weighted by Crippen LogP contribution is -2.26. The van der Waals surface area contributed by atoms with Gasteiger partial charge in [0.25, 0.3) is 0 Å². The molecule has 0 saturated heterocycles. The summed E-state index contributed by atoms with van der Waals surface area (Å²) >= 11 is 1.80. The predicted octanol–water partition coefficient (Wildman–Crippen LogP) is 3.46. The van der Waals surface area contributed by atoms with Gasteiger partial charge in [-0.15, -0.1) is 0 Å². The number of hydrogen-bond acceptors (Lipinski definition) is 2. The smallest absolute Gasteiger partial charge is 0.00388 e. The van der Waals surface area contributed by atoms with Gasteiger partial charge in [0.1, 0.15) is 0 Å². The van der Waals surface area contributed by atoms with Crippen molar-refractivity contribution in [1.29, 1.82) is 0 Å². The fraction of sp³-hybridized carbons (Fsp3) is 0.667. The van der Waals surface area contributed by atoms with Crippen LogP contribution in [-0.2, 0) is 6.42 Å². The summed E-state index contributed by atoms with van der Waals surface area (Å²) in [5.41, 5.74) is 1.50. The monoisotopic (exact) mass is 211 g/mol. The summed E-state index contributed by atoms with van der Waals surface area (Å²) < 4.78 is 0. The summed E-state index contributed by atoms with van der Waals surface area (Å²) in [4.78, 5) is 0. The van der Waals surface area contributed by atoms with E-state index in [1.807, 2.05) is 0 Å². The topological polar surface area (TPSA) is 12.0 Å². The van der Waals surface area contributed by atoms with Crippen molar-refractivity contribution in [3.8, 4) is 0 Å². The van der Waals surface area contributed by atoms with E-state index in [1.54, 1.807) is 11.3 Å². The highest BCUT2D eigenvalue weighted by Gasteiger charge is 2.00. The van der Waals surface area contributed by atoms with E-state index in [9.17, 15) is 0 Å². The first-order valence-corrected chi connectivity index (χ1v) is 6.51. The summed E-state index contributed by atoms with van der Waals surface area (Å²) in [5.74, 6) is 0. The Morgan fingerprint density at radius 2 is 2.36 bits per heavy atom. The zero-order chi connectivity index (χ0) is 10.2. The second-order valence-corrected chi connectivity index (χ2v) is 4.66. The molecule has 0 fully saturated rings. The van der Waals surface area contributed by atoms with Crippen molar-refractivity contribution in [3.63, 3.8) is 0 Å². The summed E-state index contributed by atoms with van der Waals surface area (Å²) in [7, 11) is 0. The molecule has 1 aromatic heterocycles. The zero-order valence-corrected chi connectivity index (χ0v) is 10.1. The highest BCUT2D eigenvalue weighted by molar-refractivity contribution is 7.07. The molecule has 1 atom stereocenters. The van der Waals surface area contributed by atoms with Crippen LogP contribution < -0.4 is 5.32 Å². The third-order valence-electron chi connectivity index (χ3n) is 2.43. The predicted molar refractivity (Wildman–Crippen MR) is 65.0 cm³/mol. The van der Waals surface area contributed by atoms with Crippen LogP contribution >= 0.6 is 11.3 Å². The molecule has 1 heterocycles. The molecule has 1 N–H and O–H groups in total. The molecule has 0 aliphatic heterocycles. The van der Waals surface area contributed by atoms with E-state index in [0.29, 0.717) is 6.04 Å². The Balaban J connectivity index is 2.03. The van der Waals surface area contributed by atoms with Crippen LogP contribution in [0.4, 0.5) is 0 Å². The van der Waals surface area contributed by atoms with Crippen LogP contribution in [-0.4, -0.2) is 12.6 Å². The van der Waals surface area contributed by atoms with E-state index in [4.69, 9.17) is 0 Å². The van der Waals surface area contributed by atoms with Gasteiger partial charge in [0.15, 0.2) is 0 Å². The minimum Gasteiger partial charge on any atom is -0.314 e. The molecule has 0 amide bonds. The molecule has 0 aromatic carbocycles. The Labute approximate surface area is 91.5 Å². The van der Waals surface area contributed by atoms with Crippen LogP contribution in [0.5, 0.6) is 0 Å². The Hall–Kier alpha value is -0.340. The molecule has 0 bridgehead atoms. The molecule has 1 aromatic rings. The molecule has 0 spiro atoms. The van der Waals surface area contributed by atoms with Crippen molar-refractivity contribution >= 4 is 11.3 Å². The number of hydrogen-bond donors (Lipinski definition) is 1. The minimum absolute atomic E-state index is 0.675. The van der Waals surface area contributed by atoms with Crippen LogP contribution in [0.15, 0.2) is 16.8 Å². The van der Waals surface area contributed by atoms with Crippen LogP contribution in [0, 0.1) is 0 Å². The molecular weight excluding hydrogens is 190 g/mol. The molecule has 0 aliphatic carbocycles. The normalized spacial score (nSPS) is 13.0. The fourth-order valence-electron chi connectivity index (χ4n) is 1.54. The zero-order valence-electron chi connectivity index (χ0n) is 9.25. The van der Waals surface area contributed by atoms with Crippen LogP contribution in [0.3, 0.4) is 0 Å². The van der Waals surface area contributed by atoms with Crippen molar-refractivity contribution in [2.75, 3.05) is 6.54 Å². The van der Waals surface area contributed by atoms with Crippen molar-refractivity contribution in [3.05, 3.63) is 22.4 Å². The van der Waals surface area contributed by atoms with E-state index < -0.39 is 0 Å². The number of rotatable bonds is 7. The van der Waals surface area contributed by atoms with Crippen molar-refractivity contribution < 1.29 is 0 Å². The van der Waals surface area contributed by atoms with E-state index in [1.165, 1.54) is 31.2 Å². The maximum atomic E-state index is 3.51. The van der Waals surface area contributed by atoms with Crippen molar-refractivity contribution in [2.45, 2.75) is 45.6 Å². The van der Waals surface area contributed by atoms with Gasteiger partial charge in [-0.1, -0.05) is 6.92 Å². The van der Waals surface area contributed by atoms with Gasteiger partial charge < -0.3 is 5.32 Å². The average molecular weight is 211 g/mol. The van der Waals surface area contributed by atoms with Crippen LogP contribution in [0.2, 0.25) is 0 Å². The Morgan fingerprint density at radius 3 is 3.00 bits per heavy atom. The molecule has 2 heteroatoms. The van der Waals surface area contributed by atoms with E-state index in [2.05, 4.69) is 36.0 Å². The average Bonchev–Trinajstić information content (AvgIpc) is 2.67. The van der Waals surface area contributed by atoms with Crippen LogP contribution in [0.25, 0.3) is 0 Å². The fourth-order valence-corrected chi connectivity index (χ4v) is 2.24. The second-order valence-electron chi connectivity index (χ2n) is 3.88. The molecule has 1 rings (SSSR count). The lowest BCUT2D eigenvalue weighted by atomic mass is 10.1. The van der Waals surface area contributed by atoms with E-state index in [0.717, 1.165) is 6.54 Å². The molecular formula is C12H21NS. The summed E-state index contributed by atoms with van der Waals surface area (Å²) in [5, 5.41) is 7.93. The maximum absolute atomic E-state index is 3.51. The molecule has 1 unspecified atom stereocenters. The Kier molecular flexibility index (Phi) is 5.88. The van der Waals surface area contributed by atoms with Crippen molar-refractivity contribution in [1.82, 2.24) is 5.32 Å². The number of nitrogens with one attached hydrogen (secondary N) is 1. The van der Waals surface area contributed by atoms with Gasteiger partial charge in [-0.25, -0.2) is 0 Å². The summed E-state index contributed by atoms with van der Waals surface area (Å²) in [6, 6.07) is 2.91. The molecule has 0 saturated carbocycles. The minimum atomic E-state index is 0.675. The summed E-state index contributed by atoms with van der Waals surface area (Å²) in [6.07, 6.45) is 5.06. The van der Waals surface area contributed by atoms with Gasteiger partial charge in [-0.3, -0.25) is 0 Å². The standard InChI is InChI=1S/C12H21NS/c1-3-8-13-11(2)5-4-6-12-7-9-14-10-12/h7,9-11,13H,3-6,8H2,1-2H3. The summed E-state index contributed by atoms with van der Waals surface area (Å²) in [6.45, 7) is 5.65. The Bertz CT molecular complexity index is 218. The van der Waals surface area contributed by atoms with Gasteiger partial charge in [-0.2, -0.15) is 11.3 Å². The largest absolute Gasteiger partial charge is 0.314 e. The highest BCUT2D eigenvalue weighted by atomic mass is 32.1. The molecule has 0 radical (unpaired) electrons. The molecule has 0 aliphatic rings. The van der Waals surface area contributed by atoms with Crippen LogP contribution in [0.1, 0.15) is 38.7 Å². The maximum Gasteiger partial charge on any atom is 0.00388 e. The van der Waals surface area contributed by atoms with Gasteiger partial charge >= 0.3 is 0 Å². The lowest BCUT2D eigenvalue weighted by Gasteiger charge is -2.12. The molecule has 1 nitrogen and oxygen atoms in total. The highest BCUT2D eigenvalue weighted by Crippen LogP contribution is 2.10. The Morgan fingerprint density at radius 1 is 1.50 bits per heavy atom. The number of aryl methyl sites for hydroxylation is 1. The molecule has 80 valence electrons. The first kappa shape index (κ1) is 11.7. The first-order chi connectivity index (χ1) is 6.83. The van der Waals surface area contributed by atoms with Gasteiger partial charge in [0.05, 0.1) is 0 Å². The van der Waals surface area contributed by atoms with Gasteiger partial charge in [-0.05, 0) is 61.5 Å². The SMILES string of the molecule is CCCNC(C)CCCc1ccsc1. The van der Waals surface area contributed by atoms with E-state index in [-0.39, 0.29) is 0 Å². The first-order valence-electron chi connectivity index (χ1n) is 5.57. The van der Waals surface area contributed by atoms with E-state index >= 15 is 0 Å². The third kappa shape index (κ3) is 4.77. The van der Waals surface area contributed by atoms with Gasteiger partial charge in [0.2, 0.25) is 0 Å². The number of thiophene rings is 1. The second kappa shape index (κ2) is 7.02. The third-order valence-corrected chi connectivity index (χ3v) is 3.16. The quantitative estimate of drug-likeness (QED) is 0.728. The molecule has 14 heavy (non-hydrogen) atoms. The lowest BCUT2D eigenvalue weighted by molar-refractivity contribution is 0.498. The van der Waals surface area contributed by atoms with Gasteiger partial charge in [0, 0.05) is 6.04 Å². The van der Waals surface area contributed by atoms with Crippen molar-refractivity contribution in [2.24, 2.45) is 0 Å².